The Morgan fingerprint density at radius 3 is 2.53 bits per heavy atom. The molecule has 0 spiro atoms. The quantitative estimate of drug-likeness (QED) is 0.911. The molecule has 1 N–H and O–H groups in total. The van der Waals surface area contributed by atoms with E-state index in [1.54, 1.807) is 23.7 Å². The van der Waals surface area contributed by atoms with Crippen molar-refractivity contribution < 1.29 is 0 Å². The van der Waals surface area contributed by atoms with E-state index in [1.807, 2.05) is 13.1 Å². The number of hydrogen-bond acceptors (Lipinski definition) is 5. The van der Waals surface area contributed by atoms with Gasteiger partial charge in [0, 0.05) is 29.5 Å². The minimum atomic E-state index is 0.165. The van der Waals surface area contributed by atoms with Crippen LogP contribution >= 0.6 is 11.3 Å². The molecule has 102 valence electrons. The van der Waals surface area contributed by atoms with E-state index in [0.717, 1.165) is 22.8 Å². The first-order valence-electron chi connectivity index (χ1n) is 6.60. The van der Waals surface area contributed by atoms with E-state index in [1.165, 1.54) is 4.88 Å². The van der Waals surface area contributed by atoms with E-state index in [-0.39, 0.29) is 12.1 Å². The lowest BCUT2D eigenvalue weighted by Gasteiger charge is -2.18. The van der Waals surface area contributed by atoms with Crippen molar-refractivity contribution in [2.75, 3.05) is 0 Å². The largest absolute Gasteiger partial charge is 0.300 e. The number of nitrogens with zero attached hydrogens (tertiary/aromatic N) is 3. The van der Waals surface area contributed by atoms with Crippen LogP contribution in [0.2, 0.25) is 0 Å². The summed E-state index contributed by atoms with van der Waals surface area (Å²) in [6.45, 7) is 8.40. The summed E-state index contributed by atoms with van der Waals surface area (Å²) >= 11 is 1.77. The molecule has 2 heterocycles. The minimum absolute atomic E-state index is 0.165. The highest BCUT2D eigenvalue weighted by molar-refractivity contribution is 7.11. The molecule has 2 aromatic rings. The number of aromatic nitrogens is 3. The summed E-state index contributed by atoms with van der Waals surface area (Å²) < 4.78 is 0. The van der Waals surface area contributed by atoms with E-state index in [2.05, 4.69) is 41.0 Å². The highest BCUT2D eigenvalue weighted by Crippen LogP contribution is 2.23. The van der Waals surface area contributed by atoms with Gasteiger partial charge in [-0.2, -0.15) is 0 Å². The van der Waals surface area contributed by atoms with Crippen molar-refractivity contribution in [2.24, 2.45) is 0 Å². The van der Waals surface area contributed by atoms with E-state index < -0.39 is 0 Å². The second kappa shape index (κ2) is 6.21. The fraction of sp³-hybridized carbons (Fsp3) is 0.500. The Kier molecular flexibility index (Phi) is 4.61. The number of nitrogens with one attached hydrogen (secondary N) is 1. The normalized spacial score (nSPS) is 14.3. The number of rotatable bonds is 5. The molecule has 0 aromatic carbocycles. The SMILES string of the molecule is CCc1cnc(C(C)NC(C)c2nccnc2C)s1. The van der Waals surface area contributed by atoms with Crippen LogP contribution in [0.15, 0.2) is 18.6 Å². The molecule has 0 bridgehead atoms. The minimum Gasteiger partial charge on any atom is -0.300 e. The maximum atomic E-state index is 4.48. The van der Waals surface area contributed by atoms with Crippen LogP contribution in [0.5, 0.6) is 0 Å². The molecule has 5 heteroatoms. The van der Waals surface area contributed by atoms with Gasteiger partial charge in [0.2, 0.25) is 0 Å². The lowest BCUT2D eigenvalue weighted by atomic mass is 10.1. The number of thiazole rings is 1. The maximum Gasteiger partial charge on any atom is 0.109 e. The van der Waals surface area contributed by atoms with E-state index in [9.17, 15) is 0 Å². The van der Waals surface area contributed by atoms with Crippen LogP contribution in [0.3, 0.4) is 0 Å². The first-order chi connectivity index (χ1) is 9.11. The van der Waals surface area contributed by atoms with Crippen LogP contribution in [0.1, 0.15) is 54.1 Å². The van der Waals surface area contributed by atoms with Crippen LogP contribution in [0, 0.1) is 6.92 Å². The third kappa shape index (κ3) is 3.36. The fourth-order valence-corrected chi connectivity index (χ4v) is 2.92. The van der Waals surface area contributed by atoms with Gasteiger partial charge in [-0.25, -0.2) is 4.98 Å². The van der Waals surface area contributed by atoms with Crippen molar-refractivity contribution in [1.29, 1.82) is 0 Å². The second-order valence-electron chi connectivity index (χ2n) is 4.66. The molecule has 2 aromatic heterocycles. The van der Waals surface area contributed by atoms with Crippen molar-refractivity contribution in [2.45, 2.75) is 46.2 Å². The third-order valence-corrected chi connectivity index (χ3v) is 4.44. The van der Waals surface area contributed by atoms with Gasteiger partial charge in [-0.1, -0.05) is 6.92 Å². The summed E-state index contributed by atoms with van der Waals surface area (Å²) in [6.07, 6.45) is 6.48. The lowest BCUT2D eigenvalue weighted by molar-refractivity contribution is 0.481. The van der Waals surface area contributed by atoms with Crippen molar-refractivity contribution in [3.05, 3.63) is 39.9 Å². The Balaban J connectivity index is 2.06. The van der Waals surface area contributed by atoms with Gasteiger partial charge < -0.3 is 0 Å². The smallest absolute Gasteiger partial charge is 0.109 e. The standard InChI is InChI=1S/C14H20N4S/c1-5-12-8-17-14(19-12)11(4)18-10(3)13-9(2)15-6-7-16-13/h6-8,10-11,18H,5H2,1-4H3. The molecule has 0 aliphatic heterocycles. The Morgan fingerprint density at radius 2 is 1.89 bits per heavy atom. The molecule has 2 unspecified atom stereocenters. The van der Waals surface area contributed by atoms with Crippen LogP contribution in [-0.4, -0.2) is 15.0 Å². The van der Waals surface area contributed by atoms with Gasteiger partial charge in [-0.15, -0.1) is 11.3 Å². The molecule has 2 rings (SSSR count). The molecule has 0 saturated heterocycles. The van der Waals surface area contributed by atoms with Crippen LogP contribution in [0.25, 0.3) is 0 Å². The van der Waals surface area contributed by atoms with E-state index in [4.69, 9.17) is 0 Å². The Bertz CT molecular complexity index is 538. The van der Waals surface area contributed by atoms with Gasteiger partial charge in [-0.05, 0) is 27.2 Å². The van der Waals surface area contributed by atoms with E-state index >= 15 is 0 Å². The molecule has 0 saturated carbocycles. The highest BCUT2D eigenvalue weighted by Gasteiger charge is 2.16. The van der Waals surface area contributed by atoms with Crippen molar-refractivity contribution in [1.82, 2.24) is 20.3 Å². The van der Waals surface area contributed by atoms with Gasteiger partial charge >= 0.3 is 0 Å². The zero-order valence-corrected chi connectivity index (χ0v) is 12.7. The molecule has 2 atom stereocenters. The predicted molar refractivity (Wildman–Crippen MR) is 78.2 cm³/mol. The predicted octanol–water partition coefficient (Wildman–Crippen LogP) is 3.22. The fourth-order valence-electron chi connectivity index (χ4n) is 2.05. The molecule has 0 amide bonds. The van der Waals surface area contributed by atoms with Gasteiger partial charge in [0.05, 0.1) is 17.4 Å². The first-order valence-corrected chi connectivity index (χ1v) is 7.41. The number of hydrogen-bond donors (Lipinski definition) is 1. The molecule has 19 heavy (non-hydrogen) atoms. The second-order valence-corrected chi connectivity index (χ2v) is 5.80. The Morgan fingerprint density at radius 1 is 1.16 bits per heavy atom. The zero-order valence-electron chi connectivity index (χ0n) is 11.8. The summed E-state index contributed by atoms with van der Waals surface area (Å²) in [4.78, 5) is 14.5. The topological polar surface area (TPSA) is 50.7 Å². The van der Waals surface area contributed by atoms with Crippen LogP contribution in [-0.2, 0) is 6.42 Å². The molecule has 4 nitrogen and oxygen atoms in total. The molecular weight excluding hydrogens is 256 g/mol. The van der Waals surface area contributed by atoms with Gasteiger partial charge in [-0.3, -0.25) is 15.3 Å². The molecule has 0 aliphatic rings. The van der Waals surface area contributed by atoms with Gasteiger partial charge in [0.1, 0.15) is 5.01 Å². The summed E-state index contributed by atoms with van der Waals surface area (Å²) in [5, 5.41) is 4.67. The summed E-state index contributed by atoms with van der Waals surface area (Å²) in [7, 11) is 0. The molecule has 0 aliphatic carbocycles. The molecular formula is C14H20N4S. The molecule has 0 radical (unpaired) electrons. The maximum absolute atomic E-state index is 4.48. The van der Waals surface area contributed by atoms with Crippen molar-refractivity contribution in [3.8, 4) is 0 Å². The summed E-state index contributed by atoms with van der Waals surface area (Å²) in [5.41, 5.74) is 1.98. The average Bonchev–Trinajstić information content (AvgIpc) is 2.88. The third-order valence-electron chi connectivity index (χ3n) is 3.12. The van der Waals surface area contributed by atoms with Crippen molar-refractivity contribution in [3.63, 3.8) is 0 Å². The summed E-state index contributed by atoms with van der Waals surface area (Å²) in [6, 6.07) is 0.388. The van der Waals surface area contributed by atoms with Gasteiger partial charge in [0.25, 0.3) is 0 Å². The van der Waals surface area contributed by atoms with E-state index in [0.29, 0.717) is 0 Å². The molecule has 0 fully saturated rings. The Hall–Kier alpha value is -1.33. The monoisotopic (exact) mass is 276 g/mol. The number of aryl methyl sites for hydroxylation is 2. The zero-order chi connectivity index (χ0) is 13.8. The van der Waals surface area contributed by atoms with Crippen LogP contribution < -0.4 is 5.32 Å². The van der Waals surface area contributed by atoms with Crippen molar-refractivity contribution >= 4 is 11.3 Å². The Labute approximate surface area is 118 Å². The first kappa shape index (κ1) is 14.1. The summed E-state index contributed by atoms with van der Waals surface area (Å²) in [5.74, 6) is 0. The lowest BCUT2D eigenvalue weighted by Crippen LogP contribution is -2.24. The highest BCUT2D eigenvalue weighted by atomic mass is 32.1. The van der Waals surface area contributed by atoms with Crippen LogP contribution in [0.4, 0.5) is 0 Å². The van der Waals surface area contributed by atoms with Gasteiger partial charge in [0.15, 0.2) is 0 Å². The average molecular weight is 276 g/mol.